The summed E-state index contributed by atoms with van der Waals surface area (Å²) in [6.07, 6.45) is 0.138. The lowest BCUT2D eigenvalue weighted by atomic mass is 9.93. The van der Waals surface area contributed by atoms with Crippen LogP contribution < -0.4 is 5.32 Å². The fourth-order valence-corrected chi connectivity index (χ4v) is 3.63. The van der Waals surface area contributed by atoms with Gasteiger partial charge in [-0.1, -0.05) is 53.5 Å². The van der Waals surface area contributed by atoms with Crippen molar-refractivity contribution < 1.29 is 14.3 Å². The second kappa shape index (κ2) is 7.66. The topological polar surface area (TPSA) is 55.4 Å². The lowest BCUT2D eigenvalue weighted by Gasteiger charge is -2.25. The van der Waals surface area contributed by atoms with Crippen molar-refractivity contribution in [2.45, 2.75) is 12.5 Å². The first kappa shape index (κ1) is 18.5. The Bertz CT molecular complexity index is 1070. The highest BCUT2D eigenvalue weighted by Gasteiger charge is 2.28. The molecule has 0 saturated heterocycles. The second-order valence-corrected chi connectivity index (χ2v) is 7.30. The molecule has 28 heavy (non-hydrogen) atoms. The second-order valence-electron chi connectivity index (χ2n) is 6.46. The number of hydrogen-bond donors (Lipinski definition) is 1. The minimum absolute atomic E-state index is 0.317. The number of esters is 1. The van der Waals surface area contributed by atoms with Gasteiger partial charge in [0.1, 0.15) is 6.10 Å². The van der Waals surface area contributed by atoms with Crippen molar-refractivity contribution >= 4 is 40.8 Å². The summed E-state index contributed by atoms with van der Waals surface area (Å²) in [5.41, 5.74) is 3.08. The van der Waals surface area contributed by atoms with Crippen LogP contribution in [0.5, 0.6) is 0 Å². The Morgan fingerprint density at radius 3 is 2.54 bits per heavy atom. The van der Waals surface area contributed by atoms with Crippen LogP contribution in [0.1, 0.15) is 37.9 Å². The third kappa shape index (κ3) is 3.75. The number of benzene rings is 3. The monoisotopic (exact) mass is 411 g/mol. The molecule has 1 aliphatic rings. The van der Waals surface area contributed by atoms with E-state index in [2.05, 4.69) is 5.32 Å². The van der Waals surface area contributed by atoms with E-state index in [4.69, 9.17) is 27.9 Å². The van der Waals surface area contributed by atoms with E-state index in [0.717, 1.165) is 11.1 Å². The van der Waals surface area contributed by atoms with Crippen LogP contribution in [0.2, 0.25) is 10.0 Å². The van der Waals surface area contributed by atoms with E-state index in [1.165, 1.54) is 0 Å². The number of halogens is 2. The van der Waals surface area contributed by atoms with E-state index in [0.29, 0.717) is 33.3 Å². The molecule has 0 fully saturated rings. The number of ether oxygens (including phenoxy) is 1. The highest BCUT2D eigenvalue weighted by atomic mass is 35.5. The minimum atomic E-state index is -0.386. The van der Waals surface area contributed by atoms with Crippen LogP contribution in [0.3, 0.4) is 0 Å². The van der Waals surface area contributed by atoms with E-state index < -0.39 is 0 Å². The van der Waals surface area contributed by atoms with Gasteiger partial charge < -0.3 is 10.1 Å². The zero-order valence-electron chi connectivity index (χ0n) is 14.6. The molecular weight excluding hydrogens is 397 g/mol. The Morgan fingerprint density at radius 1 is 1.00 bits per heavy atom. The maximum absolute atomic E-state index is 12.7. The number of hydrogen-bond acceptors (Lipinski definition) is 3. The maximum Gasteiger partial charge on any atom is 0.339 e. The van der Waals surface area contributed by atoms with E-state index in [9.17, 15) is 9.59 Å². The molecule has 0 bridgehead atoms. The van der Waals surface area contributed by atoms with Gasteiger partial charge in [0.2, 0.25) is 0 Å². The van der Waals surface area contributed by atoms with E-state index in [1.54, 1.807) is 36.4 Å². The van der Waals surface area contributed by atoms with Crippen molar-refractivity contribution in [3.63, 3.8) is 0 Å². The lowest BCUT2D eigenvalue weighted by molar-refractivity contribution is 0.0252. The first-order valence-electron chi connectivity index (χ1n) is 8.66. The summed E-state index contributed by atoms with van der Waals surface area (Å²) >= 11 is 12.0. The van der Waals surface area contributed by atoms with Gasteiger partial charge in [0.05, 0.1) is 16.3 Å². The molecule has 0 radical (unpaired) electrons. The van der Waals surface area contributed by atoms with Gasteiger partial charge in [0.25, 0.3) is 5.91 Å². The molecule has 3 aromatic carbocycles. The molecule has 140 valence electrons. The predicted octanol–water partition coefficient (Wildman–Crippen LogP) is 5.70. The third-order valence-corrected chi connectivity index (χ3v) is 5.14. The molecule has 1 N–H and O–H groups in total. The smallest absolute Gasteiger partial charge is 0.339 e. The van der Waals surface area contributed by atoms with Gasteiger partial charge in [-0.15, -0.1) is 0 Å². The zero-order valence-corrected chi connectivity index (χ0v) is 16.1. The van der Waals surface area contributed by atoms with Crippen LogP contribution in [-0.4, -0.2) is 11.9 Å². The quantitative estimate of drug-likeness (QED) is 0.562. The summed E-state index contributed by atoms with van der Waals surface area (Å²) in [6.45, 7) is 0. The fraction of sp³-hybridized carbons (Fsp3) is 0.0909. The third-order valence-electron chi connectivity index (χ3n) is 4.59. The van der Waals surface area contributed by atoms with Crippen molar-refractivity contribution in [1.29, 1.82) is 0 Å². The standard InChI is InChI=1S/C22H15Cl2NO3/c23-16-7-9-19(18(24)12-16)25-21(26)14-6-8-17-15(10-14)11-20(28-22(17)27)13-4-2-1-3-5-13/h1-10,12,20H,11H2,(H,25,26)/t20-/m0/s1. The molecule has 6 heteroatoms. The van der Waals surface area contributed by atoms with Crippen LogP contribution in [0.4, 0.5) is 5.69 Å². The van der Waals surface area contributed by atoms with Crippen LogP contribution in [0, 0.1) is 0 Å². The van der Waals surface area contributed by atoms with Crippen molar-refractivity contribution in [3.05, 3.63) is 99.0 Å². The SMILES string of the molecule is O=C(Nc1ccc(Cl)cc1Cl)c1ccc2c(c1)C[C@@H](c1ccccc1)OC2=O. The van der Waals surface area contributed by atoms with E-state index >= 15 is 0 Å². The zero-order chi connectivity index (χ0) is 19.7. The van der Waals surface area contributed by atoms with Gasteiger partial charge in [-0.05, 0) is 47.5 Å². The summed E-state index contributed by atoms with van der Waals surface area (Å²) in [6, 6.07) is 19.4. The number of anilines is 1. The Morgan fingerprint density at radius 2 is 1.79 bits per heavy atom. The average Bonchev–Trinajstić information content (AvgIpc) is 2.70. The van der Waals surface area contributed by atoms with Gasteiger partial charge in [0, 0.05) is 17.0 Å². The Kier molecular flexibility index (Phi) is 5.07. The minimum Gasteiger partial charge on any atom is -0.454 e. The van der Waals surface area contributed by atoms with Gasteiger partial charge >= 0.3 is 5.97 Å². The molecular formula is C22H15Cl2NO3. The summed E-state index contributed by atoms with van der Waals surface area (Å²) in [4.78, 5) is 25.0. The number of rotatable bonds is 3. The number of nitrogens with one attached hydrogen (secondary N) is 1. The molecule has 1 atom stereocenters. The normalized spacial score (nSPS) is 15.5. The van der Waals surface area contributed by atoms with Gasteiger partial charge in [-0.2, -0.15) is 0 Å². The Balaban J connectivity index is 1.59. The first-order valence-corrected chi connectivity index (χ1v) is 9.42. The molecule has 0 unspecified atom stereocenters. The number of carbonyl (C=O) groups is 2. The van der Waals surface area contributed by atoms with Crippen molar-refractivity contribution in [3.8, 4) is 0 Å². The van der Waals surface area contributed by atoms with Crippen molar-refractivity contribution in [2.75, 3.05) is 5.32 Å². The molecule has 0 aliphatic carbocycles. The fourth-order valence-electron chi connectivity index (χ4n) is 3.18. The predicted molar refractivity (Wildman–Crippen MR) is 109 cm³/mol. The van der Waals surface area contributed by atoms with E-state index in [1.807, 2.05) is 30.3 Å². The maximum atomic E-state index is 12.7. The summed E-state index contributed by atoms with van der Waals surface area (Å²) in [5.74, 6) is -0.704. The molecule has 4 rings (SSSR count). The molecule has 1 amide bonds. The number of cyclic esters (lactones) is 1. The molecule has 4 nitrogen and oxygen atoms in total. The Hall–Kier alpha value is -2.82. The van der Waals surface area contributed by atoms with Crippen LogP contribution >= 0.6 is 23.2 Å². The van der Waals surface area contributed by atoms with Crippen LogP contribution in [0.25, 0.3) is 0 Å². The highest BCUT2D eigenvalue weighted by Crippen LogP contribution is 2.31. The molecule has 0 spiro atoms. The van der Waals surface area contributed by atoms with Crippen LogP contribution in [-0.2, 0) is 11.2 Å². The molecule has 0 aromatic heterocycles. The molecule has 1 aliphatic heterocycles. The van der Waals surface area contributed by atoms with Crippen molar-refractivity contribution in [2.24, 2.45) is 0 Å². The van der Waals surface area contributed by atoms with Gasteiger partial charge in [0.15, 0.2) is 0 Å². The summed E-state index contributed by atoms with van der Waals surface area (Å²) < 4.78 is 5.55. The highest BCUT2D eigenvalue weighted by molar-refractivity contribution is 6.36. The van der Waals surface area contributed by atoms with Crippen LogP contribution in [0.15, 0.2) is 66.7 Å². The van der Waals surface area contributed by atoms with Crippen molar-refractivity contribution in [1.82, 2.24) is 0 Å². The summed E-state index contributed by atoms with van der Waals surface area (Å²) in [7, 11) is 0. The molecule has 0 saturated carbocycles. The number of amides is 1. The van der Waals surface area contributed by atoms with Gasteiger partial charge in [-0.25, -0.2) is 4.79 Å². The number of fused-ring (bicyclic) bond motifs is 1. The Labute approximate surface area is 172 Å². The lowest BCUT2D eigenvalue weighted by Crippen LogP contribution is -2.23. The number of carbonyl (C=O) groups excluding carboxylic acids is 2. The summed E-state index contributed by atoms with van der Waals surface area (Å²) in [5, 5.41) is 3.61. The molecule has 1 heterocycles. The average molecular weight is 412 g/mol. The largest absolute Gasteiger partial charge is 0.454 e. The first-order chi connectivity index (χ1) is 13.5. The van der Waals surface area contributed by atoms with E-state index in [-0.39, 0.29) is 18.0 Å². The molecule has 3 aromatic rings. The van der Waals surface area contributed by atoms with Gasteiger partial charge in [-0.3, -0.25) is 4.79 Å².